The number of Topliss-reactive ketones (excluding diaryl/α,β-unsaturated/α-hetero) is 1. The van der Waals surface area contributed by atoms with Gasteiger partial charge < -0.3 is 25.0 Å². The SMILES string of the molecule is COc1ccc(C(CC(=O)NCCn2cnc3ccccc3c2=O)c2c(O)cc3c(c2O)C(=O)OC(C)CCCC(=O)CCCC=C3)cc1. The van der Waals surface area contributed by atoms with Gasteiger partial charge in [0.25, 0.3) is 5.56 Å². The van der Waals surface area contributed by atoms with E-state index in [0.717, 1.165) is 0 Å². The molecular formula is C38H41N3O8. The number of allylic oxidation sites excluding steroid dienone is 1. The number of para-hydroxylation sites is 1. The van der Waals surface area contributed by atoms with Crippen molar-refractivity contribution in [2.75, 3.05) is 13.7 Å². The third-order valence-corrected chi connectivity index (χ3v) is 8.71. The van der Waals surface area contributed by atoms with Crippen LogP contribution in [-0.4, -0.2) is 57.2 Å². The summed E-state index contributed by atoms with van der Waals surface area (Å²) in [6.45, 7) is 2.03. The highest BCUT2D eigenvalue weighted by atomic mass is 16.5. The third kappa shape index (κ3) is 8.53. The van der Waals surface area contributed by atoms with Crippen LogP contribution in [0.15, 0.2) is 71.8 Å². The molecule has 2 atom stereocenters. The number of phenolic OH excluding ortho intramolecular Hbond substituents is 2. The Hall–Kier alpha value is -5.45. The van der Waals surface area contributed by atoms with Crippen molar-refractivity contribution < 1.29 is 34.1 Å². The maximum absolute atomic E-state index is 13.6. The molecule has 2 heterocycles. The lowest BCUT2D eigenvalue weighted by Gasteiger charge is -2.23. The number of phenols is 2. The molecule has 1 aliphatic rings. The van der Waals surface area contributed by atoms with Crippen LogP contribution >= 0.6 is 0 Å². The van der Waals surface area contributed by atoms with E-state index >= 15 is 0 Å². The molecule has 4 aromatic rings. The standard InChI is InChI=1S/C38H41N3O8/c1-24-9-8-12-27(42)11-5-3-4-10-26-21-32(43)35(36(45)34(26)38(47)49-24)30(25-15-17-28(48-2)18-16-25)22-33(44)39-19-20-41-23-40-31-14-7-6-13-29(31)37(41)46/h4,6-7,10,13-18,21,23-24,30,43,45H,3,5,8-9,11-12,19-20,22H2,1-2H3,(H,39,44). The van der Waals surface area contributed by atoms with Crippen LogP contribution in [0.1, 0.15) is 84.8 Å². The normalized spacial score (nSPS) is 16.3. The lowest BCUT2D eigenvalue weighted by molar-refractivity contribution is -0.121. The molecule has 256 valence electrons. The number of ether oxygens (including phenoxy) is 2. The van der Waals surface area contributed by atoms with Crippen molar-refractivity contribution in [3.05, 3.63) is 99.6 Å². The molecule has 3 aromatic carbocycles. The molecule has 11 heteroatoms. The zero-order valence-corrected chi connectivity index (χ0v) is 27.7. The number of aromatic hydroxyl groups is 2. The Kier molecular flexibility index (Phi) is 11.5. The van der Waals surface area contributed by atoms with Crippen molar-refractivity contribution in [2.24, 2.45) is 0 Å². The van der Waals surface area contributed by atoms with Crippen molar-refractivity contribution >= 4 is 34.6 Å². The van der Waals surface area contributed by atoms with E-state index in [4.69, 9.17) is 9.47 Å². The van der Waals surface area contributed by atoms with Gasteiger partial charge in [-0.05, 0) is 74.1 Å². The van der Waals surface area contributed by atoms with Crippen LogP contribution in [-0.2, 0) is 20.9 Å². The summed E-state index contributed by atoms with van der Waals surface area (Å²) in [7, 11) is 1.53. The van der Waals surface area contributed by atoms with Gasteiger partial charge in [-0.15, -0.1) is 0 Å². The summed E-state index contributed by atoms with van der Waals surface area (Å²) in [6.07, 6.45) is 7.24. The highest BCUT2D eigenvalue weighted by molar-refractivity contribution is 5.98. The molecule has 1 aromatic heterocycles. The minimum absolute atomic E-state index is 0.00117. The molecule has 0 saturated carbocycles. The number of ketones is 1. The molecule has 0 radical (unpaired) electrons. The van der Waals surface area contributed by atoms with Crippen LogP contribution in [0.3, 0.4) is 0 Å². The second kappa shape index (κ2) is 16.1. The maximum atomic E-state index is 13.6. The monoisotopic (exact) mass is 667 g/mol. The highest BCUT2D eigenvalue weighted by Gasteiger charge is 2.31. The van der Waals surface area contributed by atoms with Crippen LogP contribution in [0.25, 0.3) is 17.0 Å². The van der Waals surface area contributed by atoms with Gasteiger partial charge in [0.1, 0.15) is 28.6 Å². The maximum Gasteiger partial charge on any atom is 0.342 e. The molecule has 0 saturated heterocycles. The second-order valence-corrected chi connectivity index (χ2v) is 12.2. The van der Waals surface area contributed by atoms with E-state index in [1.165, 1.54) is 24.1 Å². The first-order chi connectivity index (χ1) is 23.7. The van der Waals surface area contributed by atoms with Crippen LogP contribution in [0, 0.1) is 0 Å². The molecule has 5 rings (SSSR count). The first-order valence-corrected chi connectivity index (χ1v) is 16.5. The summed E-state index contributed by atoms with van der Waals surface area (Å²) in [5.41, 5.74) is 1.08. The van der Waals surface area contributed by atoms with Gasteiger partial charge in [-0.1, -0.05) is 36.4 Å². The van der Waals surface area contributed by atoms with Crippen LogP contribution in [0.2, 0.25) is 0 Å². The van der Waals surface area contributed by atoms with Crippen molar-refractivity contribution in [3.63, 3.8) is 0 Å². The smallest absolute Gasteiger partial charge is 0.342 e. The van der Waals surface area contributed by atoms with Gasteiger partial charge in [-0.25, -0.2) is 9.78 Å². The molecule has 0 bridgehead atoms. The molecule has 2 unspecified atom stereocenters. The van der Waals surface area contributed by atoms with Crippen molar-refractivity contribution in [2.45, 2.75) is 70.4 Å². The van der Waals surface area contributed by atoms with Crippen molar-refractivity contribution in [1.82, 2.24) is 14.9 Å². The molecular weight excluding hydrogens is 626 g/mol. The lowest BCUT2D eigenvalue weighted by atomic mass is 9.84. The van der Waals surface area contributed by atoms with Crippen molar-refractivity contribution in [3.8, 4) is 17.2 Å². The average molecular weight is 668 g/mol. The Balaban J connectivity index is 1.45. The second-order valence-electron chi connectivity index (χ2n) is 12.2. The van der Waals surface area contributed by atoms with Gasteiger partial charge in [-0.3, -0.25) is 19.0 Å². The van der Waals surface area contributed by atoms with E-state index in [9.17, 15) is 29.4 Å². The predicted octanol–water partition coefficient (Wildman–Crippen LogP) is 5.64. The molecule has 0 fully saturated rings. The van der Waals surface area contributed by atoms with Crippen LogP contribution in [0.5, 0.6) is 17.2 Å². The number of hydrogen-bond acceptors (Lipinski definition) is 9. The number of hydrogen-bond donors (Lipinski definition) is 3. The minimum Gasteiger partial charge on any atom is -0.507 e. The molecule has 0 aliphatic carbocycles. The number of esters is 1. The molecule has 3 N–H and O–H groups in total. The number of methoxy groups -OCH3 is 1. The highest BCUT2D eigenvalue weighted by Crippen LogP contribution is 2.44. The topological polar surface area (TPSA) is 157 Å². The van der Waals surface area contributed by atoms with Gasteiger partial charge in [-0.2, -0.15) is 0 Å². The first-order valence-electron chi connectivity index (χ1n) is 16.5. The Labute approximate surface area is 284 Å². The number of aromatic nitrogens is 2. The molecule has 1 amide bonds. The molecule has 49 heavy (non-hydrogen) atoms. The van der Waals surface area contributed by atoms with Crippen LogP contribution < -0.4 is 15.6 Å². The van der Waals surface area contributed by atoms with Crippen LogP contribution in [0.4, 0.5) is 0 Å². The zero-order chi connectivity index (χ0) is 34.9. The van der Waals surface area contributed by atoms with E-state index in [1.807, 2.05) is 0 Å². The Morgan fingerprint density at radius 3 is 2.61 bits per heavy atom. The van der Waals surface area contributed by atoms with Gasteiger partial charge >= 0.3 is 5.97 Å². The quantitative estimate of drug-likeness (QED) is 0.203. The number of rotatable bonds is 8. The summed E-state index contributed by atoms with van der Waals surface area (Å²) < 4.78 is 12.4. The summed E-state index contributed by atoms with van der Waals surface area (Å²) >= 11 is 0. The number of amides is 1. The average Bonchev–Trinajstić information content (AvgIpc) is 3.08. The number of nitrogens with zero attached hydrogens (tertiary/aromatic N) is 2. The zero-order valence-electron chi connectivity index (χ0n) is 27.7. The molecule has 1 aliphatic heterocycles. The lowest BCUT2D eigenvalue weighted by Crippen LogP contribution is -2.32. The number of benzene rings is 3. The van der Waals surface area contributed by atoms with E-state index in [-0.39, 0.29) is 53.3 Å². The van der Waals surface area contributed by atoms with E-state index in [2.05, 4.69) is 10.3 Å². The van der Waals surface area contributed by atoms with Gasteiger partial charge in [0.05, 0.1) is 30.4 Å². The predicted molar refractivity (Wildman–Crippen MR) is 185 cm³/mol. The third-order valence-electron chi connectivity index (χ3n) is 8.71. The van der Waals surface area contributed by atoms with Gasteiger partial charge in [0.2, 0.25) is 5.91 Å². The fourth-order valence-corrected chi connectivity index (χ4v) is 6.08. The van der Waals surface area contributed by atoms with E-state index in [0.29, 0.717) is 60.7 Å². The summed E-state index contributed by atoms with van der Waals surface area (Å²) in [5, 5.41) is 26.5. The first kappa shape index (κ1) is 34.9. The number of carbonyl (C=O) groups is 3. The summed E-state index contributed by atoms with van der Waals surface area (Å²) in [4.78, 5) is 56.4. The van der Waals surface area contributed by atoms with E-state index < -0.39 is 29.6 Å². The molecule has 11 nitrogen and oxygen atoms in total. The van der Waals surface area contributed by atoms with Crippen molar-refractivity contribution in [1.29, 1.82) is 0 Å². The summed E-state index contributed by atoms with van der Waals surface area (Å²) in [6, 6.07) is 15.3. The number of nitrogens with one attached hydrogen (secondary N) is 1. The fraction of sp³-hybridized carbons (Fsp3) is 0.342. The Morgan fingerprint density at radius 1 is 1.08 bits per heavy atom. The number of fused-ring (bicyclic) bond motifs is 2. The summed E-state index contributed by atoms with van der Waals surface area (Å²) in [5.74, 6) is -2.12. The fourth-order valence-electron chi connectivity index (χ4n) is 6.08. The number of carbonyl (C=O) groups excluding carboxylic acids is 3. The Bertz CT molecular complexity index is 1920. The van der Waals surface area contributed by atoms with Gasteiger partial charge in [0, 0.05) is 43.8 Å². The van der Waals surface area contributed by atoms with Gasteiger partial charge in [0.15, 0.2) is 0 Å². The Morgan fingerprint density at radius 2 is 1.84 bits per heavy atom. The minimum atomic E-state index is -0.880. The molecule has 0 spiro atoms. The largest absolute Gasteiger partial charge is 0.507 e. The number of cyclic esters (lactones) is 1. The van der Waals surface area contributed by atoms with E-state index in [1.54, 1.807) is 67.6 Å².